The van der Waals surface area contributed by atoms with Crippen molar-refractivity contribution in [2.45, 2.75) is 402 Å². The van der Waals surface area contributed by atoms with E-state index >= 15 is 0 Å². The number of imidazole rings is 1. The van der Waals surface area contributed by atoms with Crippen LogP contribution < -0.4 is 0 Å². The molecule has 0 atom stereocenters. The molecule has 0 fully saturated rings. The van der Waals surface area contributed by atoms with Gasteiger partial charge in [-0.05, 0) is 138 Å². The quantitative estimate of drug-likeness (QED) is 0.134. The summed E-state index contributed by atoms with van der Waals surface area (Å²) < 4.78 is 0. The summed E-state index contributed by atoms with van der Waals surface area (Å²) in [6.07, 6.45) is 30.5. The molecule has 12 nitrogen and oxygen atoms in total. The number of benzene rings is 1. The van der Waals surface area contributed by atoms with E-state index < -0.39 is 0 Å². The summed E-state index contributed by atoms with van der Waals surface area (Å²) in [6, 6.07) is 28.9. The summed E-state index contributed by atoms with van der Waals surface area (Å²) in [5.41, 5.74) is 5.00. The molecule has 0 bridgehead atoms. The van der Waals surface area contributed by atoms with Crippen LogP contribution in [0, 0.1) is 89.7 Å². The largest absolute Gasteiger partial charge is 0.368 e. The third kappa shape index (κ3) is 906. The summed E-state index contributed by atoms with van der Waals surface area (Å²) in [6.45, 7) is 127. The first-order chi connectivity index (χ1) is 52.9. The molecule has 119 heavy (non-hydrogen) atoms. The summed E-state index contributed by atoms with van der Waals surface area (Å²) in [4.78, 5) is 27.9. The highest BCUT2D eigenvalue weighted by Crippen LogP contribution is 2.13. The zero-order valence-electron chi connectivity index (χ0n) is 91.0. The molecule has 8 aromatic rings. The molecule has 1 aromatic carbocycles. The van der Waals surface area contributed by atoms with Crippen LogP contribution in [0.5, 0.6) is 0 Å². The number of pyridine rings is 1. The van der Waals surface area contributed by atoms with E-state index in [0.717, 1.165) is 35.5 Å². The van der Waals surface area contributed by atoms with Gasteiger partial charge in [0.15, 0.2) is 0 Å². The number of rotatable bonds is 0. The molecule has 0 saturated carbocycles. The molecule has 704 valence electrons. The number of nitrogens with one attached hydrogen (secondary N) is 3. The average Bonchev–Trinajstić information content (AvgIpc) is 2.24. The standard InChI is InChI=1S/C6H6.C5H5N.10C5H12.3C4H4N2.C4H5N.6C4H10.2C3H4N2/c2*1-2-4-6-5-3-1;10*1-5(2,3)4;1-2-6-4-3-5-1;1-2-5-4-6-3-1;1-2-4-6-5-3-1;1-2-4-5-3-1;6*1-4(2)3;1-2-5-3-4-1;1-2-4-5-3-1/h1-6H;1-5H;10*1-4H3;3*1-4H;1-5H;6*4H,1-3H3;2*1-3H,(H,4,5). The highest BCUT2D eigenvalue weighted by Gasteiger charge is 2.00. The number of aromatic nitrogens is 12. The second-order valence-corrected chi connectivity index (χ2v) is 47.7. The van der Waals surface area contributed by atoms with E-state index in [-0.39, 0.29) is 0 Å². The zero-order chi connectivity index (χ0) is 98.3. The summed E-state index contributed by atoms with van der Waals surface area (Å²) in [7, 11) is 0. The van der Waals surface area contributed by atoms with Crippen molar-refractivity contribution in [2.24, 2.45) is 89.7 Å². The molecule has 0 aliphatic rings. The Balaban J connectivity index is -0.0000000665. The first-order valence-corrected chi connectivity index (χ1v) is 43.8. The average molecular weight is 1670 g/mol. The van der Waals surface area contributed by atoms with Crippen molar-refractivity contribution in [3.8, 4) is 0 Å². The third-order valence-electron chi connectivity index (χ3n) is 3.98. The maximum atomic E-state index is 3.78. The Hall–Kier alpha value is -6.69. The minimum absolute atomic E-state index is 0.500. The van der Waals surface area contributed by atoms with Crippen molar-refractivity contribution < 1.29 is 0 Å². The fourth-order valence-corrected chi connectivity index (χ4v) is 2.17. The van der Waals surface area contributed by atoms with E-state index in [2.05, 4.69) is 462 Å². The Bertz CT molecular complexity index is 1980. The molecule has 0 radical (unpaired) electrons. The molecule has 0 spiro atoms. The Labute approximate surface area is 750 Å². The van der Waals surface area contributed by atoms with Gasteiger partial charge >= 0.3 is 0 Å². The van der Waals surface area contributed by atoms with Crippen molar-refractivity contribution >= 4 is 0 Å². The molecule has 3 N–H and O–H groups in total. The molecule has 0 aliphatic heterocycles. The molecular weight excluding hydrogens is 1450 g/mol. The van der Waals surface area contributed by atoms with Crippen molar-refractivity contribution in [2.75, 3.05) is 0 Å². The highest BCUT2D eigenvalue weighted by atomic mass is 15.1. The molecule has 0 aliphatic carbocycles. The predicted octanol–water partition coefficient (Wildman–Crippen LogP) is 36.5. The van der Waals surface area contributed by atoms with Crippen LogP contribution in [0.2, 0.25) is 0 Å². The Morgan fingerprint density at radius 3 is 0.429 bits per heavy atom. The first-order valence-electron chi connectivity index (χ1n) is 43.8. The Morgan fingerprint density at radius 2 is 0.361 bits per heavy atom. The summed E-state index contributed by atoms with van der Waals surface area (Å²) in [5.74, 6) is 5.00. The van der Waals surface area contributed by atoms with E-state index in [1.54, 1.807) is 99.1 Å². The van der Waals surface area contributed by atoms with Gasteiger partial charge in [-0.15, -0.1) is 0 Å². The van der Waals surface area contributed by atoms with Crippen LogP contribution in [0.25, 0.3) is 0 Å². The highest BCUT2D eigenvalue weighted by molar-refractivity contribution is 4.99. The molecule has 0 saturated heterocycles. The van der Waals surface area contributed by atoms with Crippen LogP contribution in [-0.4, -0.2) is 60.3 Å². The van der Waals surface area contributed by atoms with Gasteiger partial charge in [0.25, 0.3) is 0 Å². The first kappa shape index (κ1) is 150. The molecule has 8 rings (SSSR count). The molecular formula is C107H216N12. The molecule has 7 heterocycles. The second-order valence-electron chi connectivity index (χ2n) is 47.7. The monoisotopic (exact) mass is 1670 g/mol. The van der Waals surface area contributed by atoms with E-state index in [1.807, 2.05) is 97.3 Å². The normalized spacial score (nSPS) is 9.88. The zero-order valence-corrected chi connectivity index (χ0v) is 91.0. The SMILES string of the molecule is CC(C)(C)C.CC(C)(C)C.CC(C)(C)C.CC(C)(C)C.CC(C)(C)C.CC(C)(C)C.CC(C)(C)C.CC(C)(C)C.CC(C)(C)C.CC(C)(C)C.CC(C)C.CC(C)C.CC(C)C.CC(C)C.CC(C)C.CC(C)C.c1c[nH]cn1.c1cc[nH]c1.c1ccccc1.c1ccncc1.c1ccnnc1.c1cn[nH]c1.c1cnccn1.c1cncnc1. The fourth-order valence-electron chi connectivity index (χ4n) is 2.17. The van der Waals surface area contributed by atoms with Crippen molar-refractivity contribution in [3.05, 3.63) is 203 Å². The molecule has 12 heteroatoms. The van der Waals surface area contributed by atoms with E-state index in [4.69, 9.17) is 0 Å². The van der Waals surface area contributed by atoms with E-state index in [1.165, 1.54) is 6.33 Å². The Morgan fingerprint density at radius 1 is 0.168 bits per heavy atom. The topological polar surface area (TPSA) is 163 Å². The van der Waals surface area contributed by atoms with Crippen molar-refractivity contribution in [1.29, 1.82) is 0 Å². The van der Waals surface area contributed by atoms with Gasteiger partial charge in [0.2, 0.25) is 0 Å². The van der Waals surface area contributed by atoms with E-state index in [9.17, 15) is 0 Å². The minimum Gasteiger partial charge on any atom is -0.368 e. The van der Waals surface area contributed by atoms with Gasteiger partial charge < -0.3 is 9.97 Å². The summed E-state index contributed by atoms with van der Waals surface area (Å²) in [5, 5.41) is 13.3. The van der Waals surface area contributed by atoms with Gasteiger partial charge in [-0.1, -0.05) is 444 Å². The van der Waals surface area contributed by atoms with Gasteiger partial charge in [0.05, 0.1) is 6.33 Å². The van der Waals surface area contributed by atoms with Crippen LogP contribution in [0.3, 0.4) is 0 Å². The minimum atomic E-state index is 0.500. The number of aromatic amines is 3. The molecule has 7 aromatic heterocycles. The van der Waals surface area contributed by atoms with Crippen LogP contribution in [0.15, 0.2) is 203 Å². The Kier molecular flexibility index (Phi) is 126. The smallest absolute Gasteiger partial charge is 0.115 e. The number of nitrogens with zero attached hydrogens (tertiary/aromatic N) is 9. The number of H-pyrrole nitrogens is 3. The summed E-state index contributed by atoms with van der Waals surface area (Å²) >= 11 is 0. The van der Waals surface area contributed by atoms with E-state index in [0.29, 0.717) is 54.1 Å². The molecule has 0 unspecified atom stereocenters. The third-order valence-corrected chi connectivity index (χ3v) is 3.98. The number of hydrogen-bond donors (Lipinski definition) is 3. The maximum absolute atomic E-state index is 3.78. The fraction of sp³-hybridized carbons (Fsp3) is 0.692. The van der Waals surface area contributed by atoms with Crippen LogP contribution in [0.1, 0.15) is 402 Å². The maximum Gasteiger partial charge on any atom is 0.115 e. The lowest BCUT2D eigenvalue weighted by Gasteiger charge is -2.05. The predicted molar refractivity (Wildman–Crippen MR) is 549 cm³/mol. The lowest BCUT2D eigenvalue weighted by Crippen LogP contribution is -1.93. The lowest BCUT2D eigenvalue weighted by atomic mass is 10.0. The van der Waals surface area contributed by atoms with Gasteiger partial charge in [-0.2, -0.15) is 15.3 Å². The number of hydrogen-bond acceptors (Lipinski definition) is 9. The van der Waals surface area contributed by atoms with Gasteiger partial charge in [0, 0.05) is 99.1 Å². The second kappa shape index (κ2) is 100. The van der Waals surface area contributed by atoms with Crippen molar-refractivity contribution in [3.63, 3.8) is 0 Å². The van der Waals surface area contributed by atoms with Crippen LogP contribution in [-0.2, 0) is 0 Å². The van der Waals surface area contributed by atoms with Crippen LogP contribution in [0.4, 0.5) is 0 Å². The van der Waals surface area contributed by atoms with Crippen LogP contribution >= 0.6 is 0 Å². The van der Waals surface area contributed by atoms with Gasteiger partial charge in [-0.25, -0.2) is 15.0 Å². The van der Waals surface area contributed by atoms with Gasteiger partial charge in [-0.3, -0.25) is 20.1 Å². The van der Waals surface area contributed by atoms with Gasteiger partial charge in [0.1, 0.15) is 6.33 Å². The molecule has 0 amide bonds. The lowest BCUT2D eigenvalue weighted by molar-refractivity contribution is 0.469. The van der Waals surface area contributed by atoms with Crippen molar-refractivity contribution in [1.82, 2.24) is 60.3 Å².